The fraction of sp³-hybridized carbons (Fsp3) is 0.0769. The van der Waals surface area contributed by atoms with Crippen LogP contribution in [0.5, 0.6) is 0 Å². The second kappa shape index (κ2) is 8.78. The molecule has 3 aromatic carbocycles. The van der Waals surface area contributed by atoms with Crippen LogP contribution in [-0.2, 0) is 4.79 Å². The summed E-state index contributed by atoms with van der Waals surface area (Å²) in [6.07, 6.45) is 1.82. The van der Waals surface area contributed by atoms with Crippen LogP contribution in [0, 0.1) is 0 Å². The first-order valence-corrected chi connectivity index (χ1v) is 12.3. The molecule has 5 rings (SSSR count). The molecule has 1 aromatic heterocycles. The van der Waals surface area contributed by atoms with Crippen LogP contribution in [-0.4, -0.2) is 25.8 Å². The Morgan fingerprint density at radius 2 is 1.70 bits per heavy atom. The first-order valence-electron chi connectivity index (χ1n) is 10.3. The highest BCUT2D eigenvalue weighted by molar-refractivity contribution is 9.10. The van der Waals surface area contributed by atoms with Crippen molar-refractivity contribution in [1.29, 1.82) is 0 Å². The number of halogens is 2. The minimum Gasteiger partial charge on any atom is -0.378 e. The number of thiophene rings is 1. The number of benzene rings is 3. The Balaban J connectivity index is 1.64. The van der Waals surface area contributed by atoms with Gasteiger partial charge in [-0.15, -0.1) is 11.3 Å². The lowest BCUT2D eigenvalue weighted by atomic mass is 10.1. The van der Waals surface area contributed by atoms with Gasteiger partial charge in [0.05, 0.1) is 15.6 Å². The number of carbonyl (C=O) groups is 1. The summed E-state index contributed by atoms with van der Waals surface area (Å²) < 4.78 is 1.99. The lowest BCUT2D eigenvalue weighted by Crippen LogP contribution is -2.32. The number of hydrogen-bond donors (Lipinski definition) is 0. The third-order valence-electron chi connectivity index (χ3n) is 5.40. The molecule has 0 spiro atoms. The molecular weight excluding hydrogens is 518 g/mol. The minimum atomic E-state index is -0.183. The largest absolute Gasteiger partial charge is 0.378 e. The van der Waals surface area contributed by atoms with E-state index in [0.29, 0.717) is 16.6 Å². The molecule has 1 amide bonds. The van der Waals surface area contributed by atoms with Crippen molar-refractivity contribution < 1.29 is 4.79 Å². The molecule has 0 atom stereocenters. The SMILES string of the molecule is CN(C)c1ccc(/C=C2/N=C(c3sc4ccccc4c3Cl)N(c3ccc(Br)cc3)C2=O)cc1. The van der Waals surface area contributed by atoms with E-state index >= 15 is 0 Å². The van der Waals surface area contributed by atoms with Crippen LogP contribution < -0.4 is 9.80 Å². The topological polar surface area (TPSA) is 35.9 Å². The van der Waals surface area contributed by atoms with Crippen molar-refractivity contribution in [3.8, 4) is 0 Å². The van der Waals surface area contributed by atoms with E-state index in [1.165, 1.54) is 11.3 Å². The lowest BCUT2D eigenvalue weighted by molar-refractivity contribution is -0.113. The van der Waals surface area contributed by atoms with Gasteiger partial charge < -0.3 is 4.90 Å². The van der Waals surface area contributed by atoms with Crippen LogP contribution in [0.3, 0.4) is 0 Å². The summed E-state index contributed by atoms with van der Waals surface area (Å²) in [5, 5.41) is 1.57. The van der Waals surface area contributed by atoms with Gasteiger partial charge in [-0.25, -0.2) is 4.99 Å². The van der Waals surface area contributed by atoms with E-state index in [9.17, 15) is 4.79 Å². The fourth-order valence-corrected chi connectivity index (χ4v) is 5.44. The maximum atomic E-state index is 13.6. The number of anilines is 2. The molecule has 2 heterocycles. The van der Waals surface area contributed by atoms with Crippen molar-refractivity contribution in [2.45, 2.75) is 0 Å². The van der Waals surface area contributed by atoms with Crippen molar-refractivity contribution >= 4 is 78.1 Å². The molecule has 1 aliphatic heterocycles. The average molecular weight is 537 g/mol. The molecule has 33 heavy (non-hydrogen) atoms. The van der Waals surface area contributed by atoms with Crippen LogP contribution >= 0.6 is 38.9 Å². The number of amidine groups is 1. The second-order valence-electron chi connectivity index (χ2n) is 7.81. The monoisotopic (exact) mass is 535 g/mol. The number of aliphatic imine (C=N–C) groups is 1. The standard InChI is InChI=1S/C26H19BrClN3OS/c1-30(2)18-11-7-16(8-12-18)15-21-26(32)31(19-13-9-17(27)10-14-19)25(29-21)24-23(28)20-5-3-4-6-22(20)33-24/h3-15H,1-2H3/b21-15+. The van der Waals surface area contributed by atoms with Crippen molar-refractivity contribution in [3.05, 3.63) is 98.4 Å². The molecule has 4 aromatic rings. The molecule has 0 saturated heterocycles. The highest BCUT2D eigenvalue weighted by atomic mass is 79.9. The van der Waals surface area contributed by atoms with Gasteiger partial charge in [0, 0.05) is 34.3 Å². The molecule has 7 heteroatoms. The van der Waals surface area contributed by atoms with Crippen molar-refractivity contribution in [2.75, 3.05) is 23.9 Å². The van der Waals surface area contributed by atoms with E-state index < -0.39 is 0 Å². The molecule has 164 valence electrons. The zero-order valence-electron chi connectivity index (χ0n) is 17.9. The molecule has 1 aliphatic rings. The highest BCUT2D eigenvalue weighted by Crippen LogP contribution is 2.39. The third-order valence-corrected chi connectivity index (χ3v) is 7.60. The Bertz CT molecular complexity index is 1420. The van der Waals surface area contributed by atoms with Gasteiger partial charge in [-0.1, -0.05) is 57.9 Å². The van der Waals surface area contributed by atoms with Gasteiger partial charge in [0.25, 0.3) is 5.91 Å². The van der Waals surface area contributed by atoms with E-state index in [2.05, 4.69) is 15.9 Å². The van der Waals surface area contributed by atoms with E-state index in [1.807, 2.05) is 97.9 Å². The smallest absolute Gasteiger partial charge is 0.282 e. The Hall–Kier alpha value is -2.93. The second-order valence-corrected chi connectivity index (χ2v) is 10.2. The maximum Gasteiger partial charge on any atom is 0.282 e. The lowest BCUT2D eigenvalue weighted by Gasteiger charge is -2.18. The summed E-state index contributed by atoms with van der Waals surface area (Å²) in [7, 11) is 3.99. The number of nitrogens with zero attached hydrogens (tertiary/aromatic N) is 3. The summed E-state index contributed by atoms with van der Waals surface area (Å²) in [6.45, 7) is 0. The molecule has 0 fully saturated rings. The molecule has 0 saturated carbocycles. The normalized spacial score (nSPS) is 14.9. The van der Waals surface area contributed by atoms with Gasteiger partial charge in [0.2, 0.25) is 0 Å². The van der Waals surface area contributed by atoms with E-state index in [0.717, 1.165) is 36.4 Å². The number of amides is 1. The van der Waals surface area contributed by atoms with E-state index in [1.54, 1.807) is 4.90 Å². The minimum absolute atomic E-state index is 0.183. The summed E-state index contributed by atoms with van der Waals surface area (Å²) >= 11 is 11.8. The predicted molar refractivity (Wildman–Crippen MR) is 144 cm³/mol. The molecule has 0 unspecified atom stereocenters. The molecule has 4 nitrogen and oxygen atoms in total. The van der Waals surface area contributed by atoms with E-state index in [4.69, 9.17) is 16.6 Å². The Morgan fingerprint density at radius 3 is 2.36 bits per heavy atom. The molecule has 0 bridgehead atoms. The van der Waals surface area contributed by atoms with Crippen LogP contribution in [0.1, 0.15) is 10.4 Å². The molecular formula is C26H19BrClN3OS. The molecule has 0 N–H and O–H groups in total. The molecule has 0 aliphatic carbocycles. The quantitative estimate of drug-likeness (QED) is 0.258. The van der Waals surface area contributed by atoms with Crippen LogP contribution in [0.2, 0.25) is 5.02 Å². The van der Waals surface area contributed by atoms with Crippen LogP contribution in [0.25, 0.3) is 16.2 Å². The summed E-state index contributed by atoms with van der Waals surface area (Å²) in [6, 6.07) is 23.6. The van der Waals surface area contributed by atoms with Crippen LogP contribution in [0.15, 0.2) is 88.0 Å². The first-order chi connectivity index (χ1) is 15.9. The van der Waals surface area contributed by atoms with Gasteiger partial charge in [0.15, 0.2) is 5.84 Å². The first kappa shape index (κ1) is 21.9. The summed E-state index contributed by atoms with van der Waals surface area (Å²) in [4.78, 5) is 22.8. The average Bonchev–Trinajstić information content (AvgIpc) is 3.32. The molecule has 0 radical (unpaired) electrons. The Kier molecular flexibility index (Phi) is 5.83. The number of rotatable bonds is 4. The van der Waals surface area contributed by atoms with Crippen molar-refractivity contribution in [3.63, 3.8) is 0 Å². The van der Waals surface area contributed by atoms with Gasteiger partial charge >= 0.3 is 0 Å². The van der Waals surface area contributed by atoms with Gasteiger partial charge in [-0.05, 0) is 54.1 Å². The maximum absolute atomic E-state index is 13.6. The Morgan fingerprint density at radius 1 is 1.00 bits per heavy atom. The zero-order chi connectivity index (χ0) is 23.1. The Labute approximate surface area is 209 Å². The van der Waals surface area contributed by atoms with E-state index in [-0.39, 0.29) is 5.91 Å². The van der Waals surface area contributed by atoms with Crippen molar-refractivity contribution in [2.24, 2.45) is 4.99 Å². The summed E-state index contributed by atoms with van der Waals surface area (Å²) in [5.41, 5.74) is 3.11. The van der Waals surface area contributed by atoms with Gasteiger partial charge in [-0.2, -0.15) is 0 Å². The van der Waals surface area contributed by atoms with Gasteiger partial charge in [0.1, 0.15) is 5.70 Å². The highest BCUT2D eigenvalue weighted by Gasteiger charge is 2.34. The van der Waals surface area contributed by atoms with Gasteiger partial charge in [-0.3, -0.25) is 9.69 Å². The number of fused-ring (bicyclic) bond motifs is 1. The van der Waals surface area contributed by atoms with Crippen LogP contribution in [0.4, 0.5) is 11.4 Å². The third kappa shape index (κ3) is 4.10. The number of carbonyl (C=O) groups excluding carboxylic acids is 1. The predicted octanol–water partition coefficient (Wildman–Crippen LogP) is 7.22. The summed E-state index contributed by atoms with van der Waals surface area (Å²) in [5.74, 6) is 0.363. The fourth-order valence-electron chi connectivity index (χ4n) is 3.68. The zero-order valence-corrected chi connectivity index (χ0v) is 21.1. The number of hydrogen-bond acceptors (Lipinski definition) is 4. The van der Waals surface area contributed by atoms with Crippen molar-refractivity contribution in [1.82, 2.24) is 0 Å².